The Morgan fingerprint density at radius 1 is 0.920 bits per heavy atom. The maximum absolute atomic E-state index is 5.55. The van der Waals surface area contributed by atoms with Crippen LogP contribution in [0, 0.1) is 11.8 Å². The molecular formula is C24H38O. The van der Waals surface area contributed by atoms with Crippen LogP contribution in [0.3, 0.4) is 0 Å². The summed E-state index contributed by atoms with van der Waals surface area (Å²) in [6, 6.07) is 8.63. The molecule has 1 aliphatic carbocycles. The van der Waals surface area contributed by atoms with Crippen LogP contribution in [-0.4, -0.2) is 6.61 Å². The molecule has 0 aliphatic heterocycles. The largest absolute Gasteiger partial charge is 0.490 e. The monoisotopic (exact) mass is 342 g/mol. The molecule has 140 valence electrons. The van der Waals surface area contributed by atoms with E-state index in [4.69, 9.17) is 4.74 Å². The highest BCUT2D eigenvalue weighted by Gasteiger charge is 2.20. The first-order valence-corrected chi connectivity index (χ1v) is 10.6. The molecule has 0 atom stereocenters. The van der Waals surface area contributed by atoms with Crippen LogP contribution >= 0.6 is 0 Å². The van der Waals surface area contributed by atoms with Crippen LogP contribution < -0.4 is 4.74 Å². The predicted molar refractivity (Wildman–Crippen MR) is 109 cm³/mol. The summed E-state index contributed by atoms with van der Waals surface area (Å²) in [6.45, 7) is 6.57. The summed E-state index contributed by atoms with van der Waals surface area (Å²) in [5, 5.41) is 0. The number of ether oxygens (including phenoxy) is 1. The Morgan fingerprint density at radius 3 is 2.20 bits per heavy atom. The third kappa shape index (κ3) is 8.12. The quantitative estimate of drug-likeness (QED) is 0.285. The van der Waals surface area contributed by atoms with Crippen LogP contribution in [0.2, 0.25) is 0 Å². The van der Waals surface area contributed by atoms with Crippen LogP contribution in [0.4, 0.5) is 0 Å². The Hall–Kier alpha value is -1.24. The Kier molecular flexibility index (Phi) is 9.77. The molecule has 1 aromatic rings. The number of aryl methyl sites for hydroxylation is 1. The molecule has 0 aromatic heterocycles. The Labute approximate surface area is 155 Å². The minimum atomic E-state index is 0.585. The van der Waals surface area contributed by atoms with Gasteiger partial charge in [-0.2, -0.15) is 0 Å². The third-order valence-electron chi connectivity index (χ3n) is 5.81. The normalized spacial score (nSPS) is 20.4. The number of hydrogen-bond donors (Lipinski definition) is 0. The van der Waals surface area contributed by atoms with E-state index >= 15 is 0 Å². The fourth-order valence-electron chi connectivity index (χ4n) is 4.12. The first kappa shape index (κ1) is 20.1. The maximum atomic E-state index is 5.55. The maximum Gasteiger partial charge on any atom is 0.119 e. The van der Waals surface area contributed by atoms with E-state index in [2.05, 4.69) is 37.8 Å². The number of rotatable bonds is 12. The molecule has 1 fully saturated rings. The molecule has 0 radical (unpaired) electrons. The van der Waals surface area contributed by atoms with E-state index in [-0.39, 0.29) is 0 Å². The average molecular weight is 343 g/mol. The molecule has 1 aromatic carbocycles. The second-order valence-electron chi connectivity index (χ2n) is 7.87. The molecule has 1 nitrogen and oxygen atoms in total. The van der Waals surface area contributed by atoms with Gasteiger partial charge in [0.15, 0.2) is 0 Å². The van der Waals surface area contributed by atoms with Crippen LogP contribution in [-0.2, 0) is 6.42 Å². The van der Waals surface area contributed by atoms with Gasteiger partial charge in [0.1, 0.15) is 12.4 Å². The van der Waals surface area contributed by atoms with Crippen LogP contribution in [0.25, 0.3) is 0 Å². The minimum absolute atomic E-state index is 0.585. The summed E-state index contributed by atoms with van der Waals surface area (Å²) < 4.78 is 5.55. The Bertz CT molecular complexity index is 453. The zero-order chi connectivity index (χ0) is 17.7. The lowest BCUT2D eigenvalue weighted by Crippen LogP contribution is -2.15. The van der Waals surface area contributed by atoms with Gasteiger partial charge in [0, 0.05) is 0 Å². The van der Waals surface area contributed by atoms with Crippen molar-refractivity contribution in [1.82, 2.24) is 0 Å². The third-order valence-corrected chi connectivity index (χ3v) is 5.81. The summed E-state index contributed by atoms with van der Waals surface area (Å²) in [4.78, 5) is 0. The fraction of sp³-hybridized carbons (Fsp3) is 0.667. The number of benzene rings is 1. The predicted octanol–water partition coefficient (Wildman–Crippen LogP) is 7.35. The van der Waals surface area contributed by atoms with Gasteiger partial charge in [-0.25, -0.2) is 0 Å². The van der Waals surface area contributed by atoms with E-state index in [1.165, 1.54) is 82.6 Å². The van der Waals surface area contributed by atoms with Crippen molar-refractivity contribution in [3.8, 4) is 5.75 Å². The molecule has 1 saturated carbocycles. The van der Waals surface area contributed by atoms with Crippen LogP contribution in [0.1, 0.15) is 83.1 Å². The van der Waals surface area contributed by atoms with E-state index in [1.54, 1.807) is 6.08 Å². The molecule has 0 spiro atoms. The lowest BCUT2D eigenvalue weighted by Gasteiger charge is -2.28. The van der Waals surface area contributed by atoms with Gasteiger partial charge >= 0.3 is 0 Å². The van der Waals surface area contributed by atoms with Gasteiger partial charge in [-0.1, -0.05) is 95.9 Å². The highest BCUT2D eigenvalue weighted by molar-refractivity contribution is 5.27. The highest BCUT2D eigenvalue weighted by atomic mass is 16.5. The summed E-state index contributed by atoms with van der Waals surface area (Å²) in [5.74, 6) is 2.93. The van der Waals surface area contributed by atoms with Gasteiger partial charge in [0.2, 0.25) is 0 Å². The summed E-state index contributed by atoms with van der Waals surface area (Å²) >= 11 is 0. The second kappa shape index (κ2) is 12.2. The van der Waals surface area contributed by atoms with E-state index in [1.807, 2.05) is 0 Å². The number of hydrogen-bond acceptors (Lipinski definition) is 1. The van der Waals surface area contributed by atoms with Crippen LogP contribution in [0.5, 0.6) is 5.75 Å². The molecule has 0 bridgehead atoms. The molecule has 1 aliphatic rings. The number of unbranched alkanes of at least 4 members (excludes halogenated alkanes) is 4. The summed E-state index contributed by atoms with van der Waals surface area (Å²) in [7, 11) is 0. The van der Waals surface area contributed by atoms with Gasteiger partial charge in [-0.3, -0.25) is 0 Å². The summed E-state index contributed by atoms with van der Waals surface area (Å²) in [6.07, 6.45) is 18.9. The van der Waals surface area contributed by atoms with E-state index < -0.39 is 0 Å². The lowest BCUT2D eigenvalue weighted by atomic mass is 9.78. The fourth-order valence-corrected chi connectivity index (χ4v) is 4.12. The summed E-state index contributed by atoms with van der Waals surface area (Å²) in [5.41, 5.74) is 1.45. The first-order valence-electron chi connectivity index (χ1n) is 10.6. The van der Waals surface area contributed by atoms with Crippen molar-refractivity contribution in [3.63, 3.8) is 0 Å². The smallest absolute Gasteiger partial charge is 0.119 e. The Morgan fingerprint density at radius 2 is 1.56 bits per heavy atom. The SMILES string of the molecule is C=CCOc1ccc(CC[C@H]2CC[C@H](CCCCCCC)CC2)cc1. The van der Waals surface area contributed by atoms with Crippen LogP contribution in [0.15, 0.2) is 36.9 Å². The molecule has 0 heterocycles. The Balaban J connectivity index is 1.58. The van der Waals surface area contributed by atoms with Crippen molar-refractivity contribution in [2.45, 2.75) is 84.0 Å². The molecular weight excluding hydrogens is 304 g/mol. The highest BCUT2D eigenvalue weighted by Crippen LogP contribution is 2.34. The zero-order valence-corrected chi connectivity index (χ0v) is 16.3. The molecule has 2 rings (SSSR count). The van der Waals surface area contributed by atoms with Crippen molar-refractivity contribution < 1.29 is 4.74 Å². The second-order valence-corrected chi connectivity index (χ2v) is 7.87. The van der Waals surface area contributed by atoms with E-state index in [0.29, 0.717) is 6.61 Å². The minimum Gasteiger partial charge on any atom is -0.490 e. The topological polar surface area (TPSA) is 9.23 Å². The van der Waals surface area contributed by atoms with Gasteiger partial charge < -0.3 is 4.74 Å². The lowest BCUT2D eigenvalue weighted by molar-refractivity contribution is 0.248. The van der Waals surface area contributed by atoms with Gasteiger partial charge in [-0.05, 0) is 42.4 Å². The molecule has 0 unspecified atom stereocenters. The standard InChI is InChI=1S/C24H38O/c1-3-5-6-7-8-9-21-10-12-22(13-11-21)14-15-23-16-18-24(19-17-23)25-20-4-2/h4,16-19,21-22H,2-3,5-15,20H2,1H3/t21-,22-. The first-order chi connectivity index (χ1) is 12.3. The van der Waals surface area contributed by atoms with Gasteiger partial charge in [-0.15, -0.1) is 0 Å². The van der Waals surface area contributed by atoms with Crippen molar-refractivity contribution in [2.75, 3.05) is 6.61 Å². The average Bonchev–Trinajstić information content (AvgIpc) is 2.66. The van der Waals surface area contributed by atoms with E-state index in [0.717, 1.165) is 17.6 Å². The molecule has 1 heteroatoms. The van der Waals surface area contributed by atoms with Crippen molar-refractivity contribution in [1.29, 1.82) is 0 Å². The molecule has 0 N–H and O–H groups in total. The molecule has 25 heavy (non-hydrogen) atoms. The zero-order valence-electron chi connectivity index (χ0n) is 16.3. The van der Waals surface area contributed by atoms with E-state index in [9.17, 15) is 0 Å². The van der Waals surface area contributed by atoms with Crippen molar-refractivity contribution >= 4 is 0 Å². The van der Waals surface area contributed by atoms with Gasteiger partial charge in [0.25, 0.3) is 0 Å². The van der Waals surface area contributed by atoms with Gasteiger partial charge in [0.05, 0.1) is 0 Å². The molecule has 0 saturated heterocycles. The van der Waals surface area contributed by atoms with Crippen molar-refractivity contribution in [3.05, 3.63) is 42.5 Å². The van der Waals surface area contributed by atoms with Crippen molar-refractivity contribution in [2.24, 2.45) is 11.8 Å². The molecule has 0 amide bonds.